The van der Waals surface area contributed by atoms with Gasteiger partial charge in [-0.05, 0) is 71.7 Å². The minimum Gasteiger partial charge on any atom is -0.392 e. The third kappa shape index (κ3) is 6.53. The van der Waals surface area contributed by atoms with Gasteiger partial charge in [-0.2, -0.15) is 0 Å². The molecule has 0 unspecified atom stereocenters. The van der Waals surface area contributed by atoms with E-state index in [1.54, 1.807) is 23.5 Å². The number of aliphatic hydroxyl groups is 1. The van der Waals surface area contributed by atoms with Crippen LogP contribution in [0.4, 0.5) is 0 Å². The van der Waals surface area contributed by atoms with Crippen molar-refractivity contribution in [1.29, 1.82) is 0 Å². The summed E-state index contributed by atoms with van der Waals surface area (Å²) in [5.74, 6) is 1.87. The second-order valence-electron chi connectivity index (χ2n) is 6.24. The van der Waals surface area contributed by atoms with Crippen LogP contribution < -0.4 is 0 Å². The van der Waals surface area contributed by atoms with Gasteiger partial charge in [0.1, 0.15) is 0 Å². The molecule has 0 amide bonds. The van der Waals surface area contributed by atoms with Crippen LogP contribution in [0.25, 0.3) is 0 Å². The Morgan fingerprint density at radius 1 is 0.571 bits per heavy atom. The number of hydrogen-bond donors (Lipinski definition) is 1. The second-order valence-corrected chi connectivity index (χ2v) is 10.1. The Labute approximate surface area is 185 Å². The van der Waals surface area contributed by atoms with Crippen LogP contribution in [0, 0.1) is 0 Å². The van der Waals surface area contributed by atoms with Crippen molar-refractivity contribution in [2.45, 2.75) is 37.7 Å². The number of rotatable bonds is 9. The van der Waals surface area contributed by atoms with Crippen molar-refractivity contribution in [2.24, 2.45) is 0 Å². The van der Waals surface area contributed by atoms with Gasteiger partial charge in [-0.25, -0.2) is 0 Å². The van der Waals surface area contributed by atoms with E-state index in [1.807, 2.05) is 23.5 Å². The molecule has 0 fully saturated rings. The molecule has 0 aliphatic carbocycles. The smallest absolute Gasteiger partial charge is 0.0682 e. The van der Waals surface area contributed by atoms with Crippen molar-refractivity contribution < 1.29 is 5.11 Å². The first kappa shape index (κ1) is 21.7. The number of hydrogen-bond acceptors (Lipinski definition) is 5. The van der Waals surface area contributed by atoms with Crippen molar-refractivity contribution in [3.63, 3.8) is 0 Å². The van der Waals surface area contributed by atoms with Gasteiger partial charge >= 0.3 is 0 Å². The Balaban J connectivity index is 1.64. The summed E-state index contributed by atoms with van der Waals surface area (Å²) in [6.07, 6.45) is 4.20. The van der Waals surface area contributed by atoms with E-state index in [1.165, 1.54) is 30.7 Å². The van der Waals surface area contributed by atoms with Gasteiger partial charge in [0.15, 0.2) is 0 Å². The van der Waals surface area contributed by atoms with E-state index in [-0.39, 0.29) is 6.61 Å². The van der Waals surface area contributed by atoms with E-state index in [9.17, 15) is 5.11 Å². The van der Waals surface area contributed by atoms with Crippen LogP contribution in [0.5, 0.6) is 0 Å². The maximum Gasteiger partial charge on any atom is 0.0682 e. The first-order chi connectivity index (χ1) is 13.7. The summed E-state index contributed by atoms with van der Waals surface area (Å²) in [6.45, 7) is 0.0762. The molecule has 1 nitrogen and oxygen atoms in total. The molecular formula is C23H24OS4. The lowest BCUT2D eigenvalue weighted by molar-refractivity contribution is 0.281. The first-order valence-electron chi connectivity index (χ1n) is 8.96. The molecule has 5 heteroatoms. The minimum atomic E-state index is 0.0762. The fraction of sp³-hybridized carbons (Fsp3) is 0.217. The lowest BCUT2D eigenvalue weighted by Crippen LogP contribution is -1.88. The predicted octanol–water partition coefficient (Wildman–Crippen LogP) is 7.21. The van der Waals surface area contributed by atoms with Crippen LogP contribution in [0.2, 0.25) is 0 Å². The molecule has 28 heavy (non-hydrogen) atoms. The number of aliphatic hydroxyl groups excluding tert-OH is 1. The van der Waals surface area contributed by atoms with Crippen molar-refractivity contribution in [1.82, 2.24) is 0 Å². The molecule has 0 bridgehead atoms. The molecule has 3 aromatic rings. The van der Waals surface area contributed by atoms with Crippen LogP contribution >= 0.6 is 47.0 Å². The quantitative estimate of drug-likeness (QED) is 0.351. The highest BCUT2D eigenvalue weighted by Gasteiger charge is 2.05. The normalized spacial score (nSPS) is 11.0. The molecule has 0 aliphatic rings. The van der Waals surface area contributed by atoms with Crippen molar-refractivity contribution in [2.75, 3.05) is 12.5 Å². The topological polar surface area (TPSA) is 20.2 Å². The SMILES string of the molecule is CSc1ccc(CSc2cc(CO)cc(SCc3ccc(SC)cc3)c2)cc1. The fourth-order valence-corrected chi connectivity index (χ4v) is 5.50. The predicted molar refractivity (Wildman–Crippen MR) is 128 cm³/mol. The van der Waals surface area contributed by atoms with Crippen molar-refractivity contribution in [3.8, 4) is 0 Å². The van der Waals surface area contributed by atoms with Crippen molar-refractivity contribution in [3.05, 3.63) is 83.4 Å². The van der Waals surface area contributed by atoms with E-state index in [0.717, 1.165) is 17.1 Å². The van der Waals surface area contributed by atoms with Gasteiger partial charge in [-0.3, -0.25) is 0 Å². The zero-order chi connectivity index (χ0) is 19.8. The van der Waals surface area contributed by atoms with E-state index >= 15 is 0 Å². The number of benzene rings is 3. The van der Waals surface area contributed by atoms with Crippen LogP contribution in [0.1, 0.15) is 16.7 Å². The summed E-state index contributed by atoms with van der Waals surface area (Å²) in [4.78, 5) is 5.00. The Bertz CT molecular complexity index is 806. The zero-order valence-electron chi connectivity index (χ0n) is 16.1. The monoisotopic (exact) mass is 444 g/mol. The zero-order valence-corrected chi connectivity index (χ0v) is 19.3. The molecule has 0 aliphatic heterocycles. The molecule has 0 spiro atoms. The molecule has 1 N–H and O–H groups in total. The molecule has 3 rings (SSSR count). The summed E-state index contributed by atoms with van der Waals surface area (Å²) in [6, 6.07) is 23.9. The summed E-state index contributed by atoms with van der Waals surface area (Å²) < 4.78 is 0. The van der Waals surface area contributed by atoms with E-state index in [2.05, 4.69) is 79.2 Å². The van der Waals surface area contributed by atoms with Gasteiger partial charge in [0, 0.05) is 31.1 Å². The average molecular weight is 445 g/mol. The standard InChI is InChI=1S/C23H24OS4/c1-25-20-7-3-17(4-8-20)15-27-22-11-19(14-24)12-23(13-22)28-16-18-5-9-21(26-2)10-6-18/h3-13,24H,14-16H2,1-2H3. The van der Waals surface area contributed by atoms with Crippen LogP contribution in [-0.2, 0) is 18.1 Å². The average Bonchev–Trinajstić information content (AvgIpc) is 2.76. The molecule has 0 radical (unpaired) electrons. The van der Waals surface area contributed by atoms with E-state index in [0.29, 0.717) is 0 Å². The summed E-state index contributed by atoms with van der Waals surface area (Å²) >= 11 is 7.18. The van der Waals surface area contributed by atoms with Gasteiger partial charge in [-0.1, -0.05) is 24.3 Å². The highest BCUT2D eigenvalue weighted by atomic mass is 32.2. The maximum atomic E-state index is 9.65. The Hall–Kier alpha value is -0.980. The third-order valence-corrected chi connectivity index (χ3v) is 7.83. The van der Waals surface area contributed by atoms with Crippen LogP contribution in [-0.4, -0.2) is 17.6 Å². The molecule has 0 atom stereocenters. The fourth-order valence-electron chi connectivity index (χ4n) is 2.67. The maximum absolute atomic E-state index is 9.65. The largest absolute Gasteiger partial charge is 0.392 e. The van der Waals surface area contributed by atoms with Crippen LogP contribution in [0.3, 0.4) is 0 Å². The summed E-state index contributed by atoms with van der Waals surface area (Å²) in [5, 5.41) is 9.65. The van der Waals surface area contributed by atoms with Crippen LogP contribution in [0.15, 0.2) is 86.3 Å². The van der Waals surface area contributed by atoms with E-state index in [4.69, 9.17) is 0 Å². The lowest BCUT2D eigenvalue weighted by atomic mass is 10.2. The molecular weight excluding hydrogens is 421 g/mol. The Morgan fingerprint density at radius 3 is 1.36 bits per heavy atom. The minimum absolute atomic E-state index is 0.0762. The summed E-state index contributed by atoms with van der Waals surface area (Å²) in [5.41, 5.74) is 3.61. The van der Waals surface area contributed by atoms with Gasteiger partial charge < -0.3 is 5.11 Å². The first-order valence-corrected chi connectivity index (χ1v) is 13.4. The van der Waals surface area contributed by atoms with Gasteiger partial charge in [0.05, 0.1) is 6.61 Å². The highest BCUT2D eigenvalue weighted by molar-refractivity contribution is 7.99. The molecule has 0 saturated heterocycles. The summed E-state index contributed by atoms with van der Waals surface area (Å²) in [7, 11) is 0. The van der Waals surface area contributed by atoms with Gasteiger partial charge in [0.2, 0.25) is 0 Å². The third-order valence-electron chi connectivity index (χ3n) is 4.25. The van der Waals surface area contributed by atoms with Crippen molar-refractivity contribution >= 4 is 47.0 Å². The van der Waals surface area contributed by atoms with Gasteiger partial charge in [-0.15, -0.1) is 47.0 Å². The van der Waals surface area contributed by atoms with Gasteiger partial charge in [0.25, 0.3) is 0 Å². The molecule has 0 aromatic heterocycles. The Kier molecular flexibility index (Phi) is 8.74. The molecule has 0 saturated carbocycles. The van der Waals surface area contributed by atoms with E-state index < -0.39 is 0 Å². The molecule has 0 heterocycles. The Morgan fingerprint density at radius 2 is 1.00 bits per heavy atom. The lowest BCUT2D eigenvalue weighted by Gasteiger charge is -2.09. The number of thioether (sulfide) groups is 4. The molecule has 146 valence electrons. The highest BCUT2D eigenvalue weighted by Crippen LogP contribution is 2.31. The molecule has 3 aromatic carbocycles. The second kappa shape index (κ2) is 11.3.